The smallest absolute Gasteiger partial charge is 0.370 e. The first-order valence-corrected chi connectivity index (χ1v) is 9.75. The third kappa shape index (κ3) is 5.95. The normalized spacial score (nSPS) is 14.1. The zero-order valence-electron chi connectivity index (χ0n) is 16.3. The maximum atomic E-state index is 12.8. The summed E-state index contributed by atoms with van der Waals surface area (Å²) in [5.41, 5.74) is -0.0310. The minimum Gasteiger partial charge on any atom is -0.370 e. The summed E-state index contributed by atoms with van der Waals surface area (Å²) in [7, 11) is 0. The van der Waals surface area contributed by atoms with E-state index in [1.54, 1.807) is 6.07 Å². The van der Waals surface area contributed by atoms with Gasteiger partial charge in [0.1, 0.15) is 5.82 Å². The van der Waals surface area contributed by atoms with Crippen LogP contribution in [-0.2, 0) is 17.5 Å². The molecule has 1 saturated heterocycles. The van der Waals surface area contributed by atoms with Gasteiger partial charge < -0.3 is 15.5 Å². The number of amides is 2. The summed E-state index contributed by atoms with van der Waals surface area (Å²) in [5.74, 6) is 0.308. The molecule has 1 aliphatic heterocycles. The fourth-order valence-electron chi connectivity index (χ4n) is 3.24. The Kier molecular flexibility index (Phi) is 6.91. The number of alkyl halides is 3. The van der Waals surface area contributed by atoms with Gasteiger partial charge in [-0.1, -0.05) is 12.1 Å². The lowest BCUT2D eigenvalue weighted by Gasteiger charge is -2.15. The van der Waals surface area contributed by atoms with Crippen molar-refractivity contribution in [1.82, 2.24) is 15.2 Å². The van der Waals surface area contributed by atoms with E-state index in [0.29, 0.717) is 36.5 Å². The lowest BCUT2D eigenvalue weighted by atomic mass is 10.1. The molecule has 0 unspecified atom stereocenters. The van der Waals surface area contributed by atoms with E-state index >= 15 is 0 Å². The molecule has 2 amide bonds. The van der Waals surface area contributed by atoms with Gasteiger partial charge in [0.25, 0.3) is 5.91 Å². The molecule has 9 heteroatoms. The molecule has 0 spiro atoms. The molecule has 0 saturated carbocycles. The number of benzene rings is 1. The number of carbonyl (C=O) groups excluding carboxylic acids is 2. The second-order valence-electron chi connectivity index (χ2n) is 7.08. The maximum Gasteiger partial charge on any atom is 0.416 e. The summed E-state index contributed by atoms with van der Waals surface area (Å²) in [6.45, 7) is 2.07. The van der Waals surface area contributed by atoms with E-state index in [2.05, 4.69) is 15.6 Å². The molecule has 2 heterocycles. The SMILES string of the molecule is O=C(NCc1cccc(C(F)(F)F)c1)c1ccnc(NCCCN2CCCC2=O)c1. The van der Waals surface area contributed by atoms with Crippen molar-refractivity contribution in [2.24, 2.45) is 0 Å². The Hall–Kier alpha value is -3.10. The molecule has 160 valence electrons. The number of aromatic nitrogens is 1. The number of hydrogen-bond donors (Lipinski definition) is 2. The molecule has 0 aliphatic carbocycles. The number of carbonyl (C=O) groups is 2. The van der Waals surface area contributed by atoms with Gasteiger partial charge >= 0.3 is 6.18 Å². The predicted octanol–water partition coefficient (Wildman–Crippen LogP) is 3.45. The van der Waals surface area contributed by atoms with Gasteiger partial charge in [-0.05, 0) is 42.7 Å². The molecule has 1 aliphatic rings. The highest BCUT2D eigenvalue weighted by molar-refractivity contribution is 5.94. The summed E-state index contributed by atoms with van der Waals surface area (Å²) in [4.78, 5) is 29.9. The minimum atomic E-state index is -4.42. The van der Waals surface area contributed by atoms with Gasteiger partial charge in [-0.15, -0.1) is 0 Å². The van der Waals surface area contributed by atoms with Crippen LogP contribution in [0, 0.1) is 0 Å². The molecule has 2 N–H and O–H groups in total. The largest absolute Gasteiger partial charge is 0.416 e. The predicted molar refractivity (Wildman–Crippen MR) is 106 cm³/mol. The van der Waals surface area contributed by atoms with Gasteiger partial charge in [-0.2, -0.15) is 13.2 Å². The summed E-state index contributed by atoms with van der Waals surface area (Å²) in [6, 6.07) is 7.98. The van der Waals surface area contributed by atoms with E-state index in [1.807, 2.05) is 4.90 Å². The lowest BCUT2D eigenvalue weighted by Crippen LogP contribution is -2.27. The number of hydrogen-bond acceptors (Lipinski definition) is 4. The van der Waals surface area contributed by atoms with Crippen LogP contribution in [0.4, 0.5) is 19.0 Å². The van der Waals surface area contributed by atoms with Crippen molar-refractivity contribution in [2.45, 2.75) is 32.0 Å². The van der Waals surface area contributed by atoms with Crippen LogP contribution in [0.25, 0.3) is 0 Å². The maximum absolute atomic E-state index is 12.8. The van der Waals surface area contributed by atoms with Crippen molar-refractivity contribution in [3.8, 4) is 0 Å². The van der Waals surface area contributed by atoms with E-state index in [4.69, 9.17) is 0 Å². The van der Waals surface area contributed by atoms with E-state index in [9.17, 15) is 22.8 Å². The molecule has 0 bridgehead atoms. The van der Waals surface area contributed by atoms with Gasteiger partial charge in [0.2, 0.25) is 5.91 Å². The zero-order chi connectivity index (χ0) is 21.6. The van der Waals surface area contributed by atoms with Crippen molar-refractivity contribution >= 4 is 17.6 Å². The average Bonchev–Trinajstić information content (AvgIpc) is 3.14. The molecule has 1 fully saturated rings. The van der Waals surface area contributed by atoms with Gasteiger partial charge in [-0.25, -0.2) is 4.98 Å². The standard InChI is InChI=1S/C21H23F3N4O2/c22-21(23,24)17-5-1-4-15(12-17)14-27-20(30)16-7-9-26-18(13-16)25-8-3-11-28-10-2-6-19(28)29/h1,4-5,7,9,12-13H,2-3,6,8,10-11,14H2,(H,25,26)(H,27,30). The molecule has 30 heavy (non-hydrogen) atoms. The van der Waals surface area contributed by atoms with Crippen LogP contribution < -0.4 is 10.6 Å². The Bertz CT molecular complexity index is 902. The first-order valence-electron chi connectivity index (χ1n) is 9.75. The Labute approximate surface area is 172 Å². The highest BCUT2D eigenvalue weighted by atomic mass is 19.4. The van der Waals surface area contributed by atoms with Crippen molar-refractivity contribution in [3.05, 3.63) is 59.3 Å². The van der Waals surface area contributed by atoms with Crippen molar-refractivity contribution < 1.29 is 22.8 Å². The van der Waals surface area contributed by atoms with E-state index < -0.39 is 17.6 Å². The average molecular weight is 420 g/mol. The summed E-state index contributed by atoms with van der Waals surface area (Å²) in [6.07, 6.45) is -0.642. The Balaban J connectivity index is 1.49. The number of nitrogens with one attached hydrogen (secondary N) is 2. The van der Waals surface area contributed by atoms with E-state index in [1.165, 1.54) is 24.4 Å². The van der Waals surface area contributed by atoms with Gasteiger partial charge in [0.15, 0.2) is 0 Å². The topological polar surface area (TPSA) is 74.3 Å². The molecule has 0 atom stereocenters. The van der Waals surface area contributed by atoms with Crippen molar-refractivity contribution in [1.29, 1.82) is 0 Å². The fourth-order valence-corrected chi connectivity index (χ4v) is 3.24. The second kappa shape index (κ2) is 9.60. The van der Waals surface area contributed by atoms with Crippen LogP contribution >= 0.6 is 0 Å². The second-order valence-corrected chi connectivity index (χ2v) is 7.08. The molecular formula is C21H23F3N4O2. The number of rotatable bonds is 8. The van der Waals surface area contributed by atoms with Gasteiger partial charge in [0, 0.05) is 44.4 Å². The summed E-state index contributed by atoms with van der Waals surface area (Å²) >= 11 is 0. The summed E-state index contributed by atoms with van der Waals surface area (Å²) < 4.78 is 38.4. The van der Waals surface area contributed by atoms with Crippen LogP contribution in [0.1, 0.15) is 40.7 Å². The molecule has 1 aromatic carbocycles. The zero-order valence-corrected chi connectivity index (χ0v) is 16.3. The number of halogens is 3. The number of nitrogens with zero attached hydrogens (tertiary/aromatic N) is 2. The summed E-state index contributed by atoms with van der Waals surface area (Å²) in [5, 5.41) is 5.75. The number of pyridine rings is 1. The molecule has 0 radical (unpaired) electrons. The third-order valence-electron chi connectivity index (χ3n) is 4.81. The monoisotopic (exact) mass is 420 g/mol. The third-order valence-corrected chi connectivity index (χ3v) is 4.81. The van der Waals surface area contributed by atoms with Crippen LogP contribution in [0.3, 0.4) is 0 Å². The van der Waals surface area contributed by atoms with Crippen LogP contribution in [0.5, 0.6) is 0 Å². The van der Waals surface area contributed by atoms with Crippen molar-refractivity contribution in [3.63, 3.8) is 0 Å². The Morgan fingerprint density at radius 3 is 2.77 bits per heavy atom. The lowest BCUT2D eigenvalue weighted by molar-refractivity contribution is -0.137. The quantitative estimate of drug-likeness (QED) is 0.642. The van der Waals surface area contributed by atoms with E-state index in [-0.39, 0.29) is 12.5 Å². The molecule has 2 aromatic rings. The first kappa shape index (κ1) is 21.6. The van der Waals surface area contributed by atoms with Crippen LogP contribution in [-0.4, -0.2) is 41.3 Å². The van der Waals surface area contributed by atoms with Gasteiger partial charge in [0.05, 0.1) is 5.56 Å². The molecular weight excluding hydrogens is 397 g/mol. The Morgan fingerprint density at radius 2 is 2.03 bits per heavy atom. The minimum absolute atomic E-state index is 0.0162. The molecule has 6 nitrogen and oxygen atoms in total. The van der Waals surface area contributed by atoms with Gasteiger partial charge in [-0.3, -0.25) is 9.59 Å². The number of anilines is 1. The van der Waals surface area contributed by atoms with E-state index in [0.717, 1.165) is 31.5 Å². The Morgan fingerprint density at radius 1 is 1.20 bits per heavy atom. The number of likely N-dealkylation sites (tertiary alicyclic amines) is 1. The fraction of sp³-hybridized carbons (Fsp3) is 0.381. The first-order chi connectivity index (χ1) is 14.3. The highest BCUT2D eigenvalue weighted by Crippen LogP contribution is 2.29. The molecule has 1 aromatic heterocycles. The molecule has 3 rings (SSSR count). The van der Waals surface area contributed by atoms with Crippen LogP contribution in [0.15, 0.2) is 42.6 Å². The highest BCUT2D eigenvalue weighted by Gasteiger charge is 2.30. The van der Waals surface area contributed by atoms with Crippen LogP contribution in [0.2, 0.25) is 0 Å². The van der Waals surface area contributed by atoms with Crippen molar-refractivity contribution in [2.75, 3.05) is 25.0 Å².